The van der Waals surface area contributed by atoms with Crippen LogP contribution >= 0.6 is 22.9 Å². The van der Waals surface area contributed by atoms with Gasteiger partial charge in [-0.25, -0.2) is 9.97 Å². The summed E-state index contributed by atoms with van der Waals surface area (Å²) in [7, 11) is 0. The Morgan fingerprint density at radius 2 is 2.19 bits per heavy atom. The molecule has 21 heavy (non-hydrogen) atoms. The van der Waals surface area contributed by atoms with Crippen molar-refractivity contribution in [2.45, 2.75) is 6.92 Å². The largest absolute Gasteiger partial charge is 0.366 e. The molecule has 3 N–H and O–H groups in total. The molecule has 0 aliphatic carbocycles. The Bertz CT molecular complexity index is 846. The summed E-state index contributed by atoms with van der Waals surface area (Å²) in [5.74, 6) is 0.158. The molecule has 3 aromatic rings. The maximum atomic E-state index is 11.2. The standard InChI is InChI=1S/C14H11ClN4OS/c1-7-5-21-12-11(7)17-6-18-14(12)19-8-2-3-9(13(16)20)10(15)4-8/h2-6H,1H3,(H2,16,20)(H,17,18,19). The summed E-state index contributed by atoms with van der Waals surface area (Å²) in [6, 6.07) is 4.97. The highest BCUT2D eigenvalue weighted by molar-refractivity contribution is 7.18. The lowest BCUT2D eigenvalue weighted by Gasteiger charge is -2.08. The number of carbonyl (C=O) groups excluding carboxylic acids is 1. The van der Waals surface area contributed by atoms with Gasteiger partial charge in [-0.1, -0.05) is 11.6 Å². The molecule has 0 bridgehead atoms. The number of hydrogen-bond acceptors (Lipinski definition) is 5. The fourth-order valence-corrected chi connectivity index (χ4v) is 3.21. The lowest BCUT2D eigenvalue weighted by Crippen LogP contribution is -2.11. The summed E-state index contributed by atoms with van der Waals surface area (Å²) in [5.41, 5.74) is 8.30. The number of nitrogens with zero attached hydrogens (tertiary/aromatic N) is 2. The normalized spacial score (nSPS) is 10.8. The third-order valence-corrected chi connectivity index (χ3v) is 4.43. The lowest BCUT2D eigenvalue weighted by molar-refractivity contribution is 0.100. The molecule has 5 nitrogen and oxygen atoms in total. The van der Waals surface area contributed by atoms with Crippen LogP contribution in [0.4, 0.5) is 11.5 Å². The highest BCUT2D eigenvalue weighted by Crippen LogP contribution is 2.31. The zero-order valence-corrected chi connectivity index (χ0v) is 12.6. The molecule has 0 radical (unpaired) electrons. The van der Waals surface area contributed by atoms with Crippen LogP contribution in [0.25, 0.3) is 10.2 Å². The Kier molecular flexibility index (Phi) is 3.48. The number of nitrogens with two attached hydrogens (primary N) is 1. The number of rotatable bonds is 3. The van der Waals surface area contributed by atoms with Crippen molar-refractivity contribution in [2.24, 2.45) is 5.73 Å². The maximum absolute atomic E-state index is 11.2. The second-order valence-corrected chi connectivity index (χ2v) is 5.79. The number of primary amides is 1. The van der Waals surface area contributed by atoms with E-state index in [-0.39, 0.29) is 0 Å². The van der Waals surface area contributed by atoms with E-state index in [9.17, 15) is 4.79 Å². The quantitative estimate of drug-likeness (QED) is 0.774. The van der Waals surface area contributed by atoms with Crippen LogP contribution in [0.15, 0.2) is 29.9 Å². The van der Waals surface area contributed by atoms with Gasteiger partial charge in [0, 0.05) is 5.69 Å². The van der Waals surface area contributed by atoms with E-state index in [4.69, 9.17) is 17.3 Å². The van der Waals surface area contributed by atoms with Gasteiger partial charge in [0.15, 0.2) is 5.82 Å². The number of benzene rings is 1. The number of halogens is 1. The molecule has 3 rings (SSSR count). The van der Waals surface area contributed by atoms with Gasteiger partial charge in [0.1, 0.15) is 6.33 Å². The highest BCUT2D eigenvalue weighted by Gasteiger charge is 2.10. The minimum Gasteiger partial charge on any atom is -0.366 e. The average Bonchev–Trinajstić information content (AvgIpc) is 2.81. The Morgan fingerprint density at radius 3 is 2.90 bits per heavy atom. The molecule has 0 fully saturated rings. The number of hydrogen-bond donors (Lipinski definition) is 2. The Labute approximate surface area is 129 Å². The third kappa shape index (κ3) is 2.55. The molecule has 106 valence electrons. The lowest BCUT2D eigenvalue weighted by atomic mass is 10.2. The summed E-state index contributed by atoms with van der Waals surface area (Å²) >= 11 is 7.62. The minimum absolute atomic E-state index is 0.294. The predicted molar refractivity (Wildman–Crippen MR) is 85.4 cm³/mol. The van der Waals surface area contributed by atoms with Crippen molar-refractivity contribution in [2.75, 3.05) is 5.32 Å². The fraction of sp³-hybridized carbons (Fsp3) is 0.0714. The first kappa shape index (κ1) is 13.8. The number of anilines is 2. The Hall–Kier alpha value is -2.18. The number of aromatic nitrogens is 2. The van der Waals surface area contributed by atoms with E-state index in [2.05, 4.69) is 15.3 Å². The van der Waals surface area contributed by atoms with Crippen LogP contribution in [0.3, 0.4) is 0 Å². The van der Waals surface area contributed by atoms with Crippen LogP contribution < -0.4 is 11.1 Å². The first-order chi connectivity index (χ1) is 10.1. The van der Waals surface area contributed by atoms with Gasteiger partial charge in [0.05, 0.1) is 20.8 Å². The van der Waals surface area contributed by atoms with Gasteiger partial charge in [0.25, 0.3) is 0 Å². The van der Waals surface area contributed by atoms with Crippen LogP contribution in [-0.2, 0) is 0 Å². The van der Waals surface area contributed by atoms with Crippen molar-refractivity contribution in [3.63, 3.8) is 0 Å². The van der Waals surface area contributed by atoms with Gasteiger partial charge in [-0.05, 0) is 36.1 Å². The fourth-order valence-electron chi connectivity index (χ4n) is 1.99. The van der Waals surface area contributed by atoms with Crippen LogP contribution in [0.5, 0.6) is 0 Å². The first-order valence-corrected chi connectivity index (χ1v) is 7.37. The summed E-state index contributed by atoms with van der Waals surface area (Å²) in [4.78, 5) is 19.7. The maximum Gasteiger partial charge on any atom is 0.250 e. The number of amides is 1. The van der Waals surface area contributed by atoms with Gasteiger partial charge in [-0.3, -0.25) is 4.79 Å². The number of nitrogens with one attached hydrogen (secondary N) is 1. The van der Waals surface area contributed by atoms with Gasteiger partial charge in [-0.2, -0.15) is 0 Å². The molecule has 1 aromatic carbocycles. The van der Waals surface area contributed by atoms with Gasteiger partial charge in [0.2, 0.25) is 5.91 Å². The number of aryl methyl sites for hydroxylation is 1. The zero-order valence-electron chi connectivity index (χ0n) is 11.1. The van der Waals surface area contributed by atoms with Crippen molar-refractivity contribution >= 4 is 50.6 Å². The third-order valence-electron chi connectivity index (χ3n) is 3.03. The molecule has 7 heteroatoms. The van der Waals surface area contributed by atoms with Crippen molar-refractivity contribution in [1.82, 2.24) is 9.97 Å². The minimum atomic E-state index is -0.551. The van der Waals surface area contributed by atoms with E-state index in [0.29, 0.717) is 16.4 Å². The smallest absolute Gasteiger partial charge is 0.250 e. The van der Waals surface area contributed by atoms with E-state index in [1.807, 2.05) is 12.3 Å². The van der Waals surface area contributed by atoms with Crippen LogP contribution in [0, 0.1) is 6.92 Å². The Balaban J connectivity index is 1.99. The monoisotopic (exact) mass is 318 g/mol. The number of carbonyl (C=O) groups is 1. The SMILES string of the molecule is Cc1csc2c(Nc3ccc(C(N)=O)c(Cl)c3)ncnc12. The van der Waals surface area contributed by atoms with Crippen LogP contribution in [-0.4, -0.2) is 15.9 Å². The number of fused-ring (bicyclic) bond motifs is 1. The Morgan fingerprint density at radius 1 is 1.38 bits per heavy atom. The molecular weight excluding hydrogens is 308 g/mol. The van der Waals surface area contributed by atoms with E-state index in [1.165, 1.54) is 6.33 Å². The molecule has 2 heterocycles. The highest BCUT2D eigenvalue weighted by atomic mass is 35.5. The molecule has 0 saturated heterocycles. The molecule has 0 aliphatic rings. The molecule has 0 unspecified atom stereocenters. The molecule has 2 aromatic heterocycles. The first-order valence-electron chi connectivity index (χ1n) is 6.11. The predicted octanol–water partition coefficient (Wildman–Crippen LogP) is 3.50. The average molecular weight is 319 g/mol. The van der Waals surface area contributed by atoms with Crippen LogP contribution in [0.2, 0.25) is 5.02 Å². The van der Waals surface area contributed by atoms with Crippen molar-refractivity contribution in [1.29, 1.82) is 0 Å². The number of thiophene rings is 1. The summed E-state index contributed by atoms with van der Waals surface area (Å²) in [6.07, 6.45) is 1.52. The molecule has 0 aliphatic heterocycles. The molecule has 0 atom stereocenters. The van der Waals surface area contributed by atoms with E-state index < -0.39 is 5.91 Å². The molecule has 1 amide bonds. The topological polar surface area (TPSA) is 80.9 Å². The van der Waals surface area contributed by atoms with Gasteiger partial charge in [-0.15, -0.1) is 11.3 Å². The van der Waals surface area contributed by atoms with Gasteiger partial charge < -0.3 is 11.1 Å². The van der Waals surface area contributed by atoms with Crippen molar-refractivity contribution in [3.8, 4) is 0 Å². The zero-order chi connectivity index (χ0) is 15.0. The van der Waals surface area contributed by atoms with Gasteiger partial charge >= 0.3 is 0 Å². The summed E-state index contributed by atoms with van der Waals surface area (Å²) in [6.45, 7) is 2.01. The van der Waals surface area contributed by atoms with Crippen molar-refractivity contribution in [3.05, 3.63) is 46.1 Å². The molecule has 0 saturated carbocycles. The molecular formula is C14H11ClN4OS. The van der Waals surface area contributed by atoms with E-state index >= 15 is 0 Å². The summed E-state index contributed by atoms with van der Waals surface area (Å²) in [5, 5.41) is 5.53. The van der Waals surface area contributed by atoms with E-state index in [1.54, 1.807) is 29.5 Å². The van der Waals surface area contributed by atoms with Crippen LogP contribution in [0.1, 0.15) is 15.9 Å². The van der Waals surface area contributed by atoms with E-state index in [0.717, 1.165) is 21.5 Å². The molecule has 0 spiro atoms. The van der Waals surface area contributed by atoms with Crippen molar-refractivity contribution < 1.29 is 4.79 Å². The second kappa shape index (κ2) is 5.31. The second-order valence-electron chi connectivity index (χ2n) is 4.50. The summed E-state index contributed by atoms with van der Waals surface area (Å²) < 4.78 is 0.977.